The molecule has 0 saturated carbocycles. The van der Waals surface area contributed by atoms with Crippen LogP contribution in [0.2, 0.25) is 0 Å². The molecule has 0 aromatic carbocycles. The predicted octanol–water partition coefficient (Wildman–Crippen LogP) is 1.50. The van der Waals surface area contributed by atoms with Crippen LogP contribution in [-0.2, 0) is 28.6 Å². The van der Waals surface area contributed by atoms with E-state index >= 15 is 0 Å². The third kappa shape index (κ3) is 5.06. The highest BCUT2D eigenvalue weighted by Gasteiger charge is 2.50. The van der Waals surface area contributed by atoms with Gasteiger partial charge < -0.3 is 0 Å². The van der Waals surface area contributed by atoms with Crippen LogP contribution in [0.15, 0.2) is 0 Å². The lowest BCUT2D eigenvalue weighted by molar-refractivity contribution is -0.0632. The Kier molecular flexibility index (Phi) is 5.85. The summed E-state index contributed by atoms with van der Waals surface area (Å²) in [6.07, 6.45) is -2.58. The molecule has 0 aromatic heterocycles. The van der Waals surface area contributed by atoms with Crippen molar-refractivity contribution in [2.75, 3.05) is 6.61 Å². The third-order valence-corrected chi connectivity index (χ3v) is 3.80. The van der Waals surface area contributed by atoms with Gasteiger partial charge in [-0.15, -0.1) is 0 Å². The van der Waals surface area contributed by atoms with Crippen molar-refractivity contribution in [1.29, 1.82) is 0 Å². The first-order chi connectivity index (χ1) is 8.64. The highest BCUT2D eigenvalue weighted by atomic mass is 32.2. The standard InChI is InChI=1S/C6H8F6O6S2/c1-2-4(18-20(15,16)6(10,11)12)3-17-19(13,14)5(7,8)9/h4H,2-3H2,1H3. The van der Waals surface area contributed by atoms with E-state index in [2.05, 4.69) is 8.37 Å². The lowest BCUT2D eigenvalue weighted by Crippen LogP contribution is -2.34. The van der Waals surface area contributed by atoms with Gasteiger partial charge in [0, 0.05) is 0 Å². The van der Waals surface area contributed by atoms with Gasteiger partial charge in [-0.2, -0.15) is 43.2 Å². The molecule has 0 aliphatic rings. The summed E-state index contributed by atoms with van der Waals surface area (Å²) in [5, 5.41) is 0. The first kappa shape index (κ1) is 19.4. The second-order valence-corrected chi connectivity index (χ2v) is 6.38. The van der Waals surface area contributed by atoms with Gasteiger partial charge in [0.1, 0.15) is 6.10 Å². The second-order valence-electron chi connectivity index (χ2n) is 3.21. The van der Waals surface area contributed by atoms with E-state index in [1.807, 2.05) is 0 Å². The fourth-order valence-electron chi connectivity index (χ4n) is 0.680. The summed E-state index contributed by atoms with van der Waals surface area (Å²) in [4.78, 5) is 0. The van der Waals surface area contributed by atoms with Crippen molar-refractivity contribution >= 4 is 20.2 Å². The molecule has 1 unspecified atom stereocenters. The maximum Gasteiger partial charge on any atom is 0.523 e. The summed E-state index contributed by atoms with van der Waals surface area (Å²) < 4.78 is 120. The molecule has 0 bridgehead atoms. The van der Waals surface area contributed by atoms with Gasteiger partial charge in [-0.3, -0.25) is 8.37 Å². The third-order valence-electron chi connectivity index (χ3n) is 1.69. The van der Waals surface area contributed by atoms with Crippen LogP contribution in [0.4, 0.5) is 26.3 Å². The number of halogens is 6. The van der Waals surface area contributed by atoms with Crippen molar-refractivity contribution in [1.82, 2.24) is 0 Å². The number of hydrogen-bond donors (Lipinski definition) is 0. The molecule has 0 radical (unpaired) electrons. The topological polar surface area (TPSA) is 86.7 Å². The molecule has 6 nitrogen and oxygen atoms in total. The second kappa shape index (κ2) is 6.03. The minimum absolute atomic E-state index is 0.539. The first-order valence-corrected chi connectivity index (χ1v) is 7.41. The molecule has 0 N–H and O–H groups in total. The van der Waals surface area contributed by atoms with Crippen LogP contribution in [-0.4, -0.2) is 40.6 Å². The van der Waals surface area contributed by atoms with Crippen LogP contribution in [0, 0.1) is 0 Å². The van der Waals surface area contributed by atoms with Crippen molar-refractivity contribution in [3.05, 3.63) is 0 Å². The molecule has 0 aromatic rings. The zero-order valence-corrected chi connectivity index (χ0v) is 11.2. The smallest absolute Gasteiger partial charge is 0.260 e. The van der Waals surface area contributed by atoms with Gasteiger partial charge >= 0.3 is 31.3 Å². The van der Waals surface area contributed by atoms with E-state index < -0.39 is 50.4 Å². The quantitative estimate of drug-likeness (QED) is 0.408. The van der Waals surface area contributed by atoms with Crippen molar-refractivity contribution in [3.8, 4) is 0 Å². The van der Waals surface area contributed by atoms with Crippen LogP contribution < -0.4 is 0 Å². The van der Waals surface area contributed by atoms with E-state index in [9.17, 15) is 43.2 Å². The highest BCUT2D eigenvalue weighted by Crippen LogP contribution is 2.28. The molecule has 20 heavy (non-hydrogen) atoms. The molecular weight excluding hydrogens is 346 g/mol. The van der Waals surface area contributed by atoms with Crippen LogP contribution in [0.3, 0.4) is 0 Å². The Morgan fingerprint density at radius 3 is 1.60 bits per heavy atom. The molecule has 1 atom stereocenters. The minimum atomic E-state index is -6.07. The molecule has 122 valence electrons. The van der Waals surface area contributed by atoms with Crippen molar-refractivity contribution in [3.63, 3.8) is 0 Å². The van der Waals surface area contributed by atoms with Crippen molar-refractivity contribution < 1.29 is 51.5 Å². The van der Waals surface area contributed by atoms with Crippen LogP contribution >= 0.6 is 0 Å². The average Bonchev–Trinajstić information content (AvgIpc) is 2.20. The Morgan fingerprint density at radius 2 is 1.30 bits per heavy atom. The Bertz CT molecular complexity index is 517. The number of hydrogen-bond acceptors (Lipinski definition) is 6. The summed E-state index contributed by atoms with van der Waals surface area (Å²) >= 11 is 0. The first-order valence-electron chi connectivity index (χ1n) is 4.59. The number of rotatable bonds is 6. The average molecular weight is 354 g/mol. The van der Waals surface area contributed by atoms with Gasteiger partial charge in [-0.1, -0.05) is 6.92 Å². The monoisotopic (exact) mass is 354 g/mol. The van der Waals surface area contributed by atoms with Gasteiger partial charge in [0.15, 0.2) is 0 Å². The maximum atomic E-state index is 11.9. The molecule has 0 saturated heterocycles. The van der Waals surface area contributed by atoms with Gasteiger partial charge in [-0.05, 0) is 6.42 Å². The molecule has 0 rings (SSSR count). The zero-order chi connectivity index (χ0) is 16.4. The van der Waals surface area contributed by atoms with E-state index in [1.54, 1.807) is 0 Å². The zero-order valence-electron chi connectivity index (χ0n) is 9.53. The highest BCUT2D eigenvalue weighted by molar-refractivity contribution is 7.88. The largest absolute Gasteiger partial charge is 0.523 e. The summed E-state index contributed by atoms with van der Waals surface area (Å²) in [7, 11) is -12.1. The lowest BCUT2D eigenvalue weighted by Gasteiger charge is -2.17. The number of alkyl halides is 6. The van der Waals surface area contributed by atoms with Crippen LogP contribution in [0.25, 0.3) is 0 Å². The van der Waals surface area contributed by atoms with E-state index in [0.717, 1.165) is 6.92 Å². The molecule has 0 amide bonds. The Morgan fingerprint density at radius 1 is 0.900 bits per heavy atom. The van der Waals surface area contributed by atoms with Gasteiger partial charge in [0.2, 0.25) is 0 Å². The van der Waals surface area contributed by atoms with Gasteiger partial charge in [0.25, 0.3) is 0 Å². The molecule has 0 fully saturated rings. The molecule has 0 aliphatic carbocycles. The summed E-state index contributed by atoms with van der Waals surface area (Å²) in [6.45, 7) is -0.478. The molecular formula is C6H8F6O6S2. The fraction of sp³-hybridized carbons (Fsp3) is 1.00. The van der Waals surface area contributed by atoms with Gasteiger partial charge in [0.05, 0.1) is 6.61 Å². The van der Waals surface area contributed by atoms with Crippen molar-refractivity contribution in [2.45, 2.75) is 30.5 Å². The fourth-order valence-corrected chi connectivity index (χ4v) is 1.80. The van der Waals surface area contributed by atoms with Crippen LogP contribution in [0.1, 0.15) is 13.3 Å². The van der Waals surface area contributed by atoms with E-state index in [-0.39, 0.29) is 0 Å². The molecule has 14 heteroatoms. The lowest BCUT2D eigenvalue weighted by atomic mass is 10.3. The molecule has 0 aliphatic heterocycles. The van der Waals surface area contributed by atoms with Crippen molar-refractivity contribution in [2.24, 2.45) is 0 Å². The molecule has 0 heterocycles. The van der Waals surface area contributed by atoms with Crippen LogP contribution in [0.5, 0.6) is 0 Å². The summed E-state index contributed by atoms with van der Waals surface area (Å²) in [5.74, 6) is 0. The molecule has 0 spiro atoms. The van der Waals surface area contributed by atoms with E-state index in [0.29, 0.717) is 0 Å². The minimum Gasteiger partial charge on any atom is -0.260 e. The predicted molar refractivity (Wildman–Crippen MR) is 51.1 cm³/mol. The maximum absolute atomic E-state index is 11.9. The summed E-state index contributed by atoms with van der Waals surface area (Å²) in [6, 6.07) is 0. The van der Waals surface area contributed by atoms with E-state index in [1.165, 1.54) is 0 Å². The Hall–Kier alpha value is -0.600. The summed E-state index contributed by atoms with van der Waals surface area (Å²) in [5.41, 5.74) is -11.6. The SMILES string of the molecule is CCC(COS(=O)(=O)C(F)(F)F)OS(=O)(=O)C(F)(F)F. The van der Waals surface area contributed by atoms with Gasteiger partial charge in [-0.25, -0.2) is 0 Å². The Balaban J connectivity index is 4.86. The normalized spacial score (nSPS) is 16.1. The van der Waals surface area contributed by atoms with E-state index in [4.69, 9.17) is 0 Å². The Labute approximate surface area is 109 Å².